The number of carbonyl (C=O) groups is 1. The highest BCUT2D eigenvalue weighted by molar-refractivity contribution is 7.90. The van der Waals surface area contributed by atoms with Gasteiger partial charge in [-0.15, -0.1) is 0 Å². The number of benzene rings is 2. The summed E-state index contributed by atoms with van der Waals surface area (Å²) in [5.74, 6) is 0.00966. The van der Waals surface area contributed by atoms with Crippen LogP contribution in [-0.4, -0.2) is 25.1 Å². The van der Waals surface area contributed by atoms with Crippen LogP contribution in [0.4, 0.5) is 0 Å². The molecule has 28 heavy (non-hydrogen) atoms. The van der Waals surface area contributed by atoms with Gasteiger partial charge in [-0.2, -0.15) is 0 Å². The SMILES string of the molecule is CC(C)(C)S(=O)(=O)NC1CCC(C(=O)NCc2cccc3ccccc23)CC1. The molecule has 2 aromatic rings. The average Bonchev–Trinajstić information content (AvgIpc) is 2.65. The molecular weight excluding hydrogens is 372 g/mol. The van der Waals surface area contributed by atoms with Crippen LogP contribution in [0.5, 0.6) is 0 Å². The second kappa shape index (κ2) is 8.21. The quantitative estimate of drug-likeness (QED) is 0.800. The van der Waals surface area contributed by atoms with E-state index in [1.165, 1.54) is 5.39 Å². The molecule has 0 bridgehead atoms. The van der Waals surface area contributed by atoms with Gasteiger partial charge in [-0.05, 0) is 62.8 Å². The molecule has 1 aliphatic carbocycles. The standard InChI is InChI=1S/C22H30N2O3S/c1-22(2,3)28(26,27)24-19-13-11-17(12-14-19)21(25)23-15-18-9-6-8-16-7-4-5-10-20(16)18/h4-10,17,19,24H,11-15H2,1-3H3,(H,23,25). The molecule has 0 radical (unpaired) electrons. The summed E-state index contributed by atoms with van der Waals surface area (Å²) in [6, 6.07) is 14.2. The zero-order chi connectivity index (χ0) is 20.4. The van der Waals surface area contributed by atoms with Crippen LogP contribution in [0, 0.1) is 5.92 Å². The van der Waals surface area contributed by atoms with Crippen LogP contribution in [0.1, 0.15) is 52.0 Å². The molecule has 0 aromatic heterocycles. The van der Waals surface area contributed by atoms with E-state index < -0.39 is 14.8 Å². The molecule has 152 valence electrons. The molecule has 0 spiro atoms. The number of hydrogen-bond acceptors (Lipinski definition) is 3. The van der Waals surface area contributed by atoms with Crippen molar-refractivity contribution in [2.24, 2.45) is 5.92 Å². The Kier molecular flexibility index (Phi) is 6.10. The molecule has 2 N–H and O–H groups in total. The summed E-state index contributed by atoms with van der Waals surface area (Å²) in [5, 5.41) is 5.40. The minimum absolute atomic E-state index is 0.0506. The van der Waals surface area contributed by atoms with E-state index in [0.717, 1.165) is 10.9 Å². The van der Waals surface area contributed by atoms with Gasteiger partial charge in [-0.3, -0.25) is 4.79 Å². The van der Waals surface area contributed by atoms with Crippen LogP contribution in [0.2, 0.25) is 0 Å². The van der Waals surface area contributed by atoms with E-state index in [1.807, 2.05) is 24.3 Å². The van der Waals surface area contributed by atoms with Crippen molar-refractivity contribution >= 4 is 26.7 Å². The number of hydrogen-bond donors (Lipinski definition) is 2. The lowest BCUT2D eigenvalue weighted by Crippen LogP contribution is -2.46. The van der Waals surface area contributed by atoms with E-state index in [-0.39, 0.29) is 17.9 Å². The Bertz CT molecular complexity index is 934. The average molecular weight is 403 g/mol. The minimum Gasteiger partial charge on any atom is -0.352 e. The molecule has 0 heterocycles. The van der Waals surface area contributed by atoms with E-state index in [1.54, 1.807) is 20.8 Å². The summed E-state index contributed by atoms with van der Waals surface area (Å²) in [5.41, 5.74) is 1.11. The van der Waals surface area contributed by atoms with Crippen molar-refractivity contribution in [2.45, 2.75) is 63.8 Å². The first-order valence-electron chi connectivity index (χ1n) is 9.93. The topological polar surface area (TPSA) is 75.3 Å². The Hall–Kier alpha value is -1.92. The van der Waals surface area contributed by atoms with Gasteiger partial charge in [0.2, 0.25) is 15.9 Å². The fourth-order valence-electron chi connectivity index (χ4n) is 3.64. The molecular formula is C22H30N2O3S. The van der Waals surface area contributed by atoms with Gasteiger partial charge in [0.05, 0.1) is 4.75 Å². The predicted octanol–water partition coefficient (Wildman–Crippen LogP) is 3.73. The normalized spacial score (nSPS) is 20.8. The third kappa shape index (κ3) is 4.73. The Labute approximate surface area is 168 Å². The lowest BCUT2D eigenvalue weighted by atomic mass is 9.86. The lowest BCUT2D eigenvalue weighted by molar-refractivity contribution is -0.126. The highest BCUT2D eigenvalue weighted by atomic mass is 32.2. The van der Waals surface area contributed by atoms with Crippen LogP contribution < -0.4 is 10.0 Å². The van der Waals surface area contributed by atoms with Gasteiger partial charge < -0.3 is 5.32 Å². The van der Waals surface area contributed by atoms with Gasteiger partial charge in [-0.25, -0.2) is 13.1 Å². The fourth-order valence-corrected chi connectivity index (χ4v) is 4.67. The second-order valence-corrected chi connectivity index (χ2v) is 11.1. The Morgan fingerprint density at radius 2 is 1.64 bits per heavy atom. The van der Waals surface area contributed by atoms with Crippen molar-refractivity contribution < 1.29 is 13.2 Å². The van der Waals surface area contributed by atoms with E-state index >= 15 is 0 Å². The third-order valence-corrected chi connectivity index (χ3v) is 7.81. The Morgan fingerprint density at radius 3 is 2.32 bits per heavy atom. The molecule has 6 heteroatoms. The van der Waals surface area contributed by atoms with E-state index in [9.17, 15) is 13.2 Å². The van der Waals surface area contributed by atoms with Crippen LogP contribution in [0.15, 0.2) is 42.5 Å². The van der Waals surface area contributed by atoms with E-state index in [4.69, 9.17) is 0 Å². The van der Waals surface area contributed by atoms with Crippen molar-refractivity contribution in [3.05, 3.63) is 48.0 Å². The maximum absolute atomic E-state index is 12.6. The van der Waals surface area contributed by atoms with Gasteiger partial charge in [0.15, 0.2) is 0 Å². The maximum Gasteiger partial charge on any atom is 0.223 e. The van der Waals surface area contributed by atoms with Gasteiger partial charge >= 0.3 is 0 Å². The predicted molar refractivity (Wildman–Crippen MR) is 113 cm³/mol. The zero-order valence-electron chi connectivity index (χ0n) is 16.9. The van der Waals surface area contributed by atoms with Gasteiger partial charge in [0.25, 0.3) is 0 Å². The summed E-state index contributed by atoms with van der Waals surface area (Å²) in [7, 11) is -3.35. The highest BCUT2D eigenvalue weighted by Gasteiger charge is 2.34. The smallest absolute Gasteiger partial charge is 0.223 e. The second-order valence-electron chi connectivity index (χ2n) is 8.64. The lowest BCUT2D eigenvalue weighted by Gasteiger charge is -2.30. The largest absolute Gasteiger partial charge is 0.352 e. The minimum atomic E-state index is -3.35. The summed E-state index contributed by atoms with van der Waals surface area (Å²) in [6.07, 6.45) is 2.81. The number of fused-ring (bicyclic) bond motifs is 1. The van der Waals surface area contributed by atoms with Crippen LogP contribution in [0.3, 0.4) is 0 Å². The van der Waals surface area contributed by atoms with Gasteiger partial charge in [-0.1, -0.05) is 42.5 Å². The third-order valence-electron chi connectivity index (χ3n) is 5.56. The Balaban J connectivity index is 1.53. The number of amides is 1. The molecule has 0 saturated heterocycles. The number of nitrogens with one attached hydrogen (secondary N) is 2. The molecule has 3 rings (SSSR count). The number of sulfonamides is 1. The van der Waals surface area contributed by atoms with Gasteiger partial charge in [0, 0.05) is 18.5 Å². The monoisotopic (exact) mass is 402 g/mol. The zero-order valence-corrected chi connectivity index (χ0v) is 17.7. The molecule has 5 nitrogen and oxygen atoms in total. The molecule has 1 aliphatic rings. The van der Waals surface area contributed by atoms with E-state index in [2.05, 4.69) is 28.2 Å². The van der Waals surface area contributed by atoms with Crippen molar-refractivity contribution in [1.82, 2.24) is 10.0 Å². The van der Waals surface area contributed by atoms with Crippen molar-refractivity contribution in [1.29, 1.82) is 0 Å². The summed E-state index contributed by atoms with van der Waals surface area (Å²) >= 11 is 0. The van der Waals surface area contributed by atoms with E-state index in [0.29, 0.717) is 32.2 Å². The molecule has 0 atom stereocenters. The molecule has 0 unspecified atom stereocenters. The highest BCUT2D eigenvalue weighted by Crippen LogP contribution is 2.27. The summed E-state index contributed by atoms with van der Waals surface area (Å²) in [4.78, 5) is 12.6. The Morgan fingerprint density at radius 1 is 1.00 bits per heavy atom. The molecule has 1 amide bonds. The van der Waals surface area contributed by atoms with Crippen LogP contribution in [0.25, 0.3) is 10.8 Å². The number of carbonyl (C=O) groups excluding carboxylic acids is 1. The van der Waals surface area contributed by atoms with Gasteiger partial charge in [0.1, 0.15) is 0 Å². The van der Waals surface area contributed by atoms with Crippen molar-refractivity contribution in [3.63, 3.8) is 0 Å². The number of rotatable bonds is 5. The van der Waals surface area contributed by atoms with Crippen molar-refractivity contribution in [3.8, 4) is 0 Å². The fraction of sp³-hybridized carbons (Fsp3) is 0.500. The van der Waals surface area contributed by atoms with Crippen LogP contribution >= 0.6 is 0 Å². The molecule has 2 aromatic carbocycles. The summed E-state index contributed by atoms with van der Waals surface area (Å²) < 4.78 is 26.6. The first-order chi connectivity index (χ1) is 13.2. The maximum atomic E-state index is 12.6. The first-order valence-corrected chi connectivity index (χ1v) is 11.4. The molecule has 0 aliphatic heterocycles. The van der Waals surface area contributed by atoms with Crippen molar-refractivity contribution in [2.75, 3.05) is 0 Å². The van der Waals surface area contributed by atoms with Crippen LogP contribution in [-0.2, 0) is 21.4 Å². The molecule has 1 fully saturated rings. The molecule has 1 saturated carbocycles. The summed E-state index contributed by atoms with van der Waals surface area (Å²) in [6.45, 7) is 5.60. The first kappa shape index (κ1) is 20.8.